The van der Waals surface area contributed by atoms with Gasteiger partial charge in [-0.15, -0.1) is 11.8 Å². The average molecular weight is 221 g/mol. The molecule has 15 heavy (non-hydrogen) atoms. The Hall–Kier alpha value is -1.74. The number of rotatable bonds is 2. The molecule has 0 spiro atoms. The normalized spacial score (nSPS) is 13.7. The highest BCUT2D eigenvalue weighted by Gasteiger charge is 2.14. The smallest absolute Gasteiger partial charge is 0.230 e. The molecule has 0 aliphatic carbocycles. The minimum atomic E-state index is 0.188. The molecule has 0 aromatic carbocycles. The van der Waals surface area contributed by atoms with E-state index in [0.717, 1.165) is 0 Å². The Morgan fingerprint density at radius 2 is 2.47 bits per heavy atom. The number of aromatic nitrogens is 2. The largest absolute Gasteiger partial charge is 0.461 e. The molecule has 0 saturated carbocycles. The van der Waals surface area contributed by atoms with E-state index in [1.807, 2.05) is 12.3 Å². The van der Waals surface area contributed by atoms with Crippen LogP contribution in [0.15, 0.2) is 17.5 Å². The lowest BCUT2D eigenvalue weighted by atomic mass is 10.3. The summed E-state index contributed by atoms with van der Waals surface area (Å²) in [4.78, 5) is 8.22. The average Bonchev–Trinajstić information content (AvgIpc) is 2.81. The number of nitrogens with zero attached hydrogens (tertiary/aromatic N) is 3. The van der Waals surface area contributed by atoms with Crippen molar-refractivity contribution in [1.82, 2.24) is 9.97 Å². The lowest BCUT2D eigenvalue weighted by molar-refractivity contribution is 0.0999. The fourth-order valence-corrected chi connectivity index (χ4v) is 1.57. The molecule has 2 heterocycles. The topological polar surface area (TPSA) is 68.0 Å². The second-order valence-corrected chi connectivity index (χ2v) is 3.43. The van der Waals surface area contributed by atoms with Crippen LogP contribution >= 0.6 is 11.8 Å². The van der Waals surface area contributed by atoms with E-state index in [9.17, 15) is 0 Å². The van der Waals surface area contributed by atoms with Crippen LogP contribution in [0.1, 0.15) is 11.4 Å². The molecule has 0 amide bonds. The molecule has 0 fully saturated rings. The third-order valence-corrected chi connectivity index (χ3v) is 2.46. The molecule has 0 N–H and O–H groups in total. The zero-order valence-corrected chi connectivity index (χ0v) is 8.74. The first-order valence-electron chi connectivity index (χ1n) is 4.11. The summed E-state index contributed by atoms with van der Waals surface area (Å²) < 4.78 is 10.0. The van der Waals surface area contributed by atoms with E-state index in [1.54, 1.807) is 0 Å². The van der Waals surface area contributed by atoms with E-state index in [4.69, 9.17) is 14.7 Å². The van der Waals surface area contributed by atoms with Gasteiger partial charge in [0.1, 0.15) is 22.9 Å². The summed E-state index contributed by atoms with van der Waals surface area (Å²) in [5.74, 6) is 0.936. The summed E-state index contributed by atoms with van der Waals surface area (Å²) in [6, 6.07) is 2.03. The molecule has 0 bridgehead atoms. The van der Waals surface area contributed by atoms with E-state index >= 15 is 0 Å². The number of hydrogen-bond acceptors (Lipinski definition) is 6. The number of nitriles is 1. The van der Waals surface area contributed by atoms with Crippen LogP contribution in [0.5, 0.6) is 0 Å². The molecule has 0 saturated heterocycles. The van der Waals surface area contributed by atoms with Crippen molar-refractivity contribution < 1.29 is 9.47 Å². The molecule has 1 aromatic rings. The number of ether oxygens (including phenoxy) is 2. The quantitative estimate of drug-likeness (QED) is 0.555. The van der Waals surface area contributed by atoms with Crippen LogP contribution in [-0.2, 0) is 9.47 Å². The van der Waals surface area contributed by atoms with Crippen LogP contribution in [0, 0.1) is 11.3 Å². The second-order valence-electron chi connectivity index (χ2n) is 2.64. The Morgan fingerprint density at radius 1 is 1.60 bits per heavy atom. The summed E-state index contributed by atoms with van der Waals surface area (Å²) in [7, 11) is 0. The molecular formula is C9H7N3O2S. The first-order valence-corrected chi connectivity index (χ1v) is 5.33. The summed E-state index contributed by atoms with van der Waals surface area (Å²) in [6.07, 6.45) is 4.80. The maximum absolute atomic E-state index is 8.79. The molecule has 1 aromatic heterocycles. The van der Waals surface area contributed by atoms with Crippen molar-refractivity contribution in [2.24, 2.45) is 0 Å². The fraction of sp³-hybridized carbons (Fsp3) is 0.222. The minimum absolute atomic E-state index is 0.188. The van der Waals surface area contributed by atoms with Gasteiger partial charge in [0.05, 0.1) is 6.20 Å². The standard InChI is InChI=1S/C9H7N3O2S/c1-15-9-6(2-10)3-11-8(12-9)7-4-13-5-14-7/h3-4H,5H2,1H3. The van der Waals surface area contributed by atoms with E-state index in [2.05, 4.69) is 9.97 Å². The zero-order valence-electron chi connectivity index (χ0n) is 7.93. The van der Waals surface area contributed by atoms with Crippen molar-refractivity contribution in [1.29, 1.82) is 5.26 Å². The lowest BCUT2D eigenvalue weighted by Crippen LogP contribution is -1.98. The van der Waals surface area contributed by atoms with Crippen LogP contribution in [0.3, 0.4) is 0 Å². The first kappa shape index (κ1) is 9.80. The summed E-state index contributed by atoms with van der Waals surface area (Å²) in [6.45, 7) is 0.188. The van der Waals surface area contributed by atoms with Crippen LogP contribution in [-0.4, -0.2) is 23.0 Å². The van der Waals surface area contributed by atoms with Gasteiger partial charge in [-0.2, -0.15) is 5.26 Å². The maximum Gasteiger partial charge on any atom is 0.230 e. The maximum atomic E-state index is 8.79. The third-order valence-electron chi connectivity index (χ3n) is 1.76. The first-order chi connectivity index (χ1) is 7.35. The molecule has 6 heteroatoms. The van der Waals surface area contributed by atoms with E-state index in [1.165, 1.54) is 24.2 Å². The summed E-state index contributed by atoms with van der Waals surface area (Å²) >= 11 is 1.40. The molecule has 76 valence electrons. The van der Waals surface area contributed by atoms with E-state index < -0.39 is 0 Å². The molecule has 0 radical (unpaired) electrons. The van der Waals surface area contributed by atoms with E-state index in [-0.39, 0.29) is 6.79 Å². The number of hydrogen-bond donors (Lipinski definition) is 0. The number of thioether (sulfide) groups is 1. The Balaban J connectivity index is 2.39. The Bertz CT molecular complexity index is 453. The third kappa shape index (κ3) is 1.87. The minimum Gasteiger partial charge on any atom is -0.461 e. The van der Waals surface area contributed by atoms with Crippen LogP contribution in [0.2, 0.25) is 0 Å². The molecule has 1 aliphatic heterocycles. The second kappa shape index (κ2) is 4.19. The summed E-state index contributed by atoms with van der Waals surface area (Å²) in [5, 5.41) is 9.43. The van der Waals surface area contributed by atoms with Crippen molar-refractivity contribution in [2.45, 2.75) is 5.03 Å². The molecule has 2 rings (SSSR count). The van der Waals surface area contributed by atoms with Crippen LogP contribution in [0.4, 0.5) is 0 Å². The lowest BCUT2D eigenvalue weighted by Gasteiger charge is -2.02. The molecular weight excluding hydrogens is 214 g/mol. The predicted octanol–water partition coefficient (Wildman–Crippen LogP) is 1.37. The van der Waals surface area contributed by atoms with Crippen molar-refractivity contribution in [3.05, 3.63) is 23.8 Å². The van der Waals surface area contributed by atoms with Gasteiger partial charge in [0.15, 0.2) is 5.82 Å². The van der Waals surface area contributed by atoms with Crippen molar-refractivity contribution in [2.75, 3.05) is 13.0 Å². The zero-order chi connectivity index (χ0) is 10.7. The Morgan fingerprint density at radius 3 is 3.07 bits per heavy atom. The van der Waals surface area contributed by atoms with Gasteiger partial charge >= 0.3 is 0 Å². The monoisotopic (exact) mass is 221 g/mol. The molecule has 0 atom stereocenters. The van der Waals surface area contributed by atoms with E-state index in [0.29, 0.717) is 22.2 Å². The van der Waals surface area contributed by atoms with Gasteiger partial charge in [-0.1, -0.05) is 0 Å². The van der Waals surface area contributed by atoms with Crippen molar-refractivity contribution in [3.8, 4) is 6.07 Å². The van der Waals surface area contributed by atoms with Crippen molar-refractivity contribution >= 4 is 17.5 Å². The van der Waals surface area contributed by atoms with Gasteiger partial charge in [-0.05, 0) is 6.26 Å². The van der Waals surface area contributed by atoms with Gasteiger partial charge in [-0.25, -0.2) is 9.97 Å². The Labute approximate surface area is 90.7 Å². The highest BCUT2D eigenvalue weighted by molar-refractivity contribution is 7.98. The highest BCUT2D eigenvalue weighted by Crippen LogP contribution is 2.21. The Kier molecular flexibility index (Phi) is 2.74. The van der Waals surface area contributed by atoms with Gasteiger partial charge < -0.3 is 9.47 Å². The SMILES string of the molecule is CSc1nc(C2=COCO2)ncc1C#N. The van der Waals surface area contributed by atoms with Gasteiger partial charge in [0, 0.05) is 0 Å². The van der Waals surface area contributed by atoms with Gasteiger partial charge in [-0.3, -0.25) is 0 Å². The molecule has 1 aliphatic rings. The van der Waals surface area contributed by atoms with Gasteiger partial charge in [0.25, 0.3) is 0 Å². The highest BCUT2D eigenvalue weighted by atomic mass is 32.2. The summed E-state index contributed by atoms with van der Waals surface area (Å²) in [5.41, 5.74) is 0.464. The molecule has 0 unspecified atom stereocenters. The predicted molar refractivity (Wildman–Crippen MR) is 53.5 cm³/mol. The van der Waals surface area contributed by atoms with Crippen LogP contribution in [0.25, 0.3) is 5.76 Å². The fourth-order valence-electron chi connectivity index (χ4n) is 1.08. The van der Waals surface area contributed by atoms with Crippen molar-refractivity contribution in [3.63, 3.8) is 0 Å². The van der Waals surface area contributed by atoms with Gasteiger partial charge in [0.2, 0.25) is 12.6 Å². The molecule has 5 nitrogen and oxygen atoms in total. The van der Waals surface area contributed by atoms with Crippen LogP contribution < -0.4 is 0 Å².